The highest BCUT2D eigenvalue weighted by atomic mass is 16.5. The third-order valence-corrected chi connectivity index (χ3v) is 1.64. The number of hydrogen-bond acceptors (Lipinski definition) is 4. The zero-order valence-corrected chi connectivity index (χ0v) is 7.37. The normalized spacial score (nSPS) is 9.69. The van der Waals surface area contributed by atoms with Crippen molar-refractivity contribution < 1.29 is 14.6 Å². The number of aromatic nitrogens is 1. The number of hydrogen-bond donors (Lipinski definition) is 2. The molecule has 13 heavy (non-hydrogen) atoms. The number of nitrogen functional groups attached to an aromatic ring is 1. The molecule has 0 aliphatic heterocycles. The Kier molecular flexibility index (Phi) is 2.36. The summed E-state index contributed by atoms with van der Waals surface area (Å²) in [6.45, 7) is 1.68. The zero-order chi connectivity index (χ0) is 10.0. The van der Waals surface area contributed by atoms with E-state index in [9.17, 15) is 4.79 Å². The van der Waals surface area contributed by atoms with Crippen LogP contribution < -0.4 is 10.5 Å². The van der Waals surface area contributed by atoms with E-state index in [4.69, 9.17) is 15.6 Å². The van der Waals surface area contributed by atoms with Crippen LogP contribution in [0.3, 0.4) is 0 Å². The van der Waals surface area contributed by atoms with E-state index >= 15 is 0 Å². The monoisotopic (exact) mass is 182 g/mol. The van der Waals surface area contributed by atoms with Crippen LogP contribution in [0.2, 0.25) is 0 Å². The van der Waals surface area contributed by atoms with Crippen molar-refractivity contribution in [2.45, 2.75) is 6.92 Å². The number of aryl methyl sites for hydroxylation is 1. The lowest BCUT2D eigenvalue weighted by Crippen LogP contribution is -2.05. The molecule has 0 aliphatic carbocycles. The van der Waals surface area contributed by atoms with Crippen molar-refractivity contribution in [3.63, 3.8) is 0 Å². The predicted molar refractivity (Wildman–Crippen MR) is 46.9 cm³/mol. The lowest BCUT2D eigenvalue weighted by molar-refractivity contribution is 0.0692. The van der Waals surface area contributed by atoms with Gasteiger partial charge in [0, 0.05) is 0 Å². The summed E-state index contributed by atoms with van der Waals surface area (Å²) in [6, 6.07) is 1.34. The summed E-state index contributed by atoms with van der Waals surface area (Å²) in [5.41, 5.74) is 6.38. The van der Waals surface area contributed by atoms with E-state index in [1.54, 1.807) is 6.92 Å². The van der Waals surface area contributed by atoms with Crippen LogP contribution in [-0.4, -0.2) is 23.2 Å². The van der Waals surface area contributed by atoms with E-state index < -0.39 is 5.97 Å². The molecule has 0 radical (unpaired) electrons. The van der Waals surface area contributed by atoms with E-state index in [-0.39, 0.29) is 11.4 Å². The highest BCUT2D eigenvalue weighted by Gasteiger charge is 2.13. The Morgan fingerprint density at radius 3 is 2.77 bits per heavy atom. The smallest absolute Gasteiger partial charge is 0.341 e. The second-order valence-electron chi connectivity index (χ2n) is 2.52. The van der Waals surface area contributed by atoms with E-state index in [2.05, 4.69) is 4.98 Å². The molecule has 3 N–H and O–H groups in total. The number of ether oxygens (including phenoxy) is 1. The molecule has 1 rings (SSSR count). The number of carbonyl (C=O) groups is 1. The first-order valence-electron chi connectivity index (χ1n) is 3.60. The number of nitrogens with zero attached hydrogens (tertiary/aromatic N) is 1. The molecule has 0 fully saturated rings. The van der Waals surface area contributed by atoms with Gasteiger partial charge < -0.3 is 15.6 Å². The summed E-state index contributed by atoms with van der Waals surface area (Å²) in [5, 5.41) is 8.74. The number of carboxylic acids is 1. The van der Waals surface area contributed by atoms with Crippen LogP contribution >= 0.6 is 0 Å². The minimum absolute atomic E-state index is 0.0226. The van der Waals surface area contributed by atoms with Crippen LogP contribution in [0.15, 0.2) is 6.07 Å². The first kappa shape index (κ1) is 9.31. The zero-order valence-electron chi connectivity index (χ0n) is 7.37. The molecule has 0 aliphatic rings. The fourth-order valence-electron chi connectivity index (χ4n) is 0.908. The highest BCUT2D eigenvalue weighted by molar-refractivity contribution is 5.91. The van der Waals surface area contributed by atoms with Gasteiger partial charge in [-0.3, -0.25) is 0 Å². The Hall–Kier alpha value is -1.78. The number of aromatic carboxylic acids is 1. The van der Waals surface area contributed by atoms with Gasteiger partial charge in [-0.15, -0.1) is 0 Å². The maximum Gasteiger partial charge on any atom is 0.341 e. The van der Waals surface area contributed by atoms with Crippen molar-refractivity contribution in [3.8, 4) is 5.88 Å². The van der Waals surface area contributed by atoms with Crippen LogP contribution in [0.4, 0.5) is 5.69 Å². The van der Waals surface area contributed by atoms with Crippen LogP contribution in [-0.2, 0) is 0 Å². The Balaban J connectivity index is 3.33. The Bertz CT molecular complexity index is 349. The van der Waals surface area contributed by atoms with Crippen molar-refractivity contribution in [2.75, 3.05) is 12.8 Å². The van der Waals surface area contributed by atoms with Crippen molar-refractivity contribution in [1.82, 2.24) is 4.98 Å². The Labute approximate surface area is 75.2 Å². The van der Waals surface area contributed by atoms with Gasteiger partial charge in [-0.2, -0.15) is 0 Å². The van der Waals surface area contributed by atoms with E-state index in [1.165, 1.54) is 13.2 Å². The van der Waals surface area contributed by atoms with Gasteiger partial charge in [-0.1, -0.05) is 0 Å². The van der Waals surface area contributed by atoms with Gasteiger partial charge >= 0.3 is 5.97 Å². The molecule has 0 unspecified atom stereocenters. The minimum atomic E-state index is -1.10. The maximum absolute atomic E-state index is 10.7. The molecule has 0 saturated heterocycles. The number of methoxy groups -OCH3 is 1. The van der Waals surface area contributed by atoms with Crippen LogP contribution in [0.25, 0.3) is 0 Å². The molecule has 5 heteroatoms. The first-order chi connectivity index (χ1) is 6.06. The fraction of sp³-hybridized carbons (Fsp3) is 0.250. The SMILES string of the molecule is COc1nc(C)c(N)cc1C(=O)O. The van der Waals surface area contributed by atoms with E-state index in [0.717, 1.165) is 0 Å². The molecule has 1 aromatic heterocycles. The van der Waals surface area contributed by atoms with Gasteiger partial charge in [0.1, 0.15) is 5.56 Å². The second-order valence-corrected chi connectivity index (χ2v) is 2.52. The van der Waals surface area contributed by atoms with Crippen molar-refractivity contribution in [3.05, 3.63) is 17.3 Å². The molecule has 0 bridgehead atoms. The van der Waals surface area contributed by atoms with Crippen molar-refractivity contribution >= 4 is 11.7 Å². The maximum atomic E-state index is 10.7. The molecular formula is C8H10N2O3. The molecule has 70 valence electrons. The molecule has 0 spiro atoms. The number of rotatable bonds is 2. The second kappa shape index (κ2) is 3.30. The number of carboxylic acid groups (broad SMARTS) is 1. The first-order valence-corrected chi connectivity index (χ1v) is 3.60. The van der Waals surface area contributed by atoms with Crippen LogP contribution in [0.1, 0.15) is 16.1 Å². The lowest BCUT2D eigenvalue weighted by atomic mass is 10.2. The molecule has 0 aromatic carbocycles. The molecule has 0 saturated carbocycles. The number of nitrogens with two attached hydrogens (primary N) is 1. The molecule has 1 aromatic rings. The summed E-state index contributed by atoms with van der Waals surface area (Å²) in [5.74, 6) is -1.02. The largest absolute Gasteiger partial charge is 0.480 e. The summed E-state index contributed by atoms with van der Waals surface area (Å²) in [6.07, 6.45) is 0. The Morgan fingerprint density at radius 1 is 1.69 bits per heavy atom. The fourth-order valence-corrected chi connectivity index (χ4v) is 0.908. The molecule has 0 amide bonds. The predicted octanol–water partition coefficient (Wildman–Crippen LogP) is 0.679. The molecular weight excluding hydrogens is 172 g/mol. The van der Waals surface area contributed by atoms with E-state index in [0.29, 0.717) is 11.4 Å². The average molecular weight is 182 g/mol. The number of pyridine rings is 1. The molecule has 1 heterocycles. The average Bonchev–Trinajstić information content (AvgIpc) is 2.08. The minimum Gasteiger partial charge on any atom is -0.480 e. The third kappa shape index (κ3) is 1.69. The summed E-state index contributed by atoms with van der Waals surface area (Å²) in [7, 11) is 1.37. The van der Waals surface area contributed by atoms with Crippen molar-refractivity contribution in [2.24, 2.45) is 0 Å². The van der Waals surface area contributed by atoms with Gasteiger partial charge in [-0.25, -0.2) is 9.78 Å². The van der Waals surface area contributed by atoms with Crippen LogP contribution in [0, 0.1) is 6.92 Å². The Morgan fingerprint density at radius 2 is 2.31 bits per heavy atom. The van der Waals surface area contributed by atoms with Gasteiger partial charge in [-0.05, 0) is 13.0 Å². The lowest BCUT2D eigenvalue weighted by Gasteiger charge is -2.06. The van der Waals surface area contributed by atoms with Gasteiger partial charge in [0.2, 0.25) is 5.88 Å². The van der Waals surface area contributed by atoms with Gasteiger partial charge in [0.05, 0.1) is 18.5 Å². The quantitative estimate of drug-likeness (QED) is 0.702. The standard InChI is InChI=1S/C8H10N2O3/c1-4-6(9)3-5(8(11)12)7(10-4)13-2/h3H,9H2,1-2H3,(H,11,12). The van der Waals surface area contributed by atoms with Crippen LogP contribution in [0.5, 0.6) is 5.88 Å². The topological polar surface area (TPSA) is 85.4 Å². The third-order valence-electron chi connectivity index (χ3n) is 1.64. The van der Waals surface area contributed by atoms with Gasteiger partial charge in [0.25, 0.3) is 0 Å². The molecule has 0 atom stereocenters. The van der Waals surface area contributed by atoms with Crippen molar-refractivity contribution in [1.29, 1.82) is 0 Å². The van der Waals surface area contributed by atoms with Gasteiger partial charge in [0.15, 0.2) is 0 Å². The van der Waals surface area contributed by atoms with E-state index in [1.807, 2.05) is 0 Å². The number of anilines is 1. The highest BCUT2D eigenvalue weighted by Crippen LogP contribution is 2.20. The summed E-state index contributed by atoms with van der Waals surface area (Å²) >= 11 is 0. The summed E-state index contributed by atoms with van der Waals surface area (Å²) < 4.78 is 4.79. The summed E-state index contributed by atoms with van der Waals surface area (Å²) in [4.78, 5) is 14.6. The molecule has 5 nitrogen and oxygen atoms in total.